The fourth-order valence-corrected chi connectivity index (χ4v) is 6.53. The maximum atomic E-state index is 13.4. The van der Waals surface area contributed by atoms with Crippen LogP contribution in [0.3, 0.4) is 0 Å². The monoisotopic (exact) mass is 601 g/mol. The number of carbonyl (C=O) groups is 1. The topological polar surface area (TPSA) is 114 Å². The molecule has 5 aromatic rings. The first-order valence-corrected chi connectivity index (χ1v) is 14.9. The van der Waals surface area contributed by atoms with Crippen LogP contribution in [-0.4, -0.2) is 44.0 Å². The number of hydrogen-bond acceptors (Lipinski definition) is 6. The summed E-state index contributed by atoms with van der Waals surface area (Å²) in [6.45, 7) is 3.52. The Balaban J connectivity index is 1.46. The lowest BCUT2D eigenvalue weighted by Gasteiger charge is -2.48. The molecule has 228 valence electrons. The first-order valence-electron chi connectivity index (χ1n) is 14.9. The van der Waals surface area contributed by atoms with Crippen LogP contribution in [0.1, 0.15) is 50.8 Å². The summed E-state index contributed by atoms with van der Waals surface area (Å²) in [4.78, 5) is 30.1. The molecule has 8 heteroatoms. The number of hydrogen-bond donors (Lipinski definition) is 3. The number of nitrogens with zero attached hydrogens (tertiary/aromatic N) is 2. The van der Waals surface area contributed by atoms with Crippen LogP contribution in [0.5, 0.6) is 0 Å². The van der Waals surface area contributed by atoms with Gasteiger partial charge in [0.2, 0.25) is 0 Å². The van der Waals surface area contributed by atoms with Gasteiger partial charge in [-0.3, -0.25) is 9.36 Å². The molecule has 0 bridgehead atoms. The summed E-state index contributed by atoms with van der Waals surface area (Å²) in [5.74, 6) is -0.300. The molecule has 0 unspecified atom stereocenters. The van der Waals surface area contributed by atoms with Crippen LogP contribution >= 0.6 is 0 Å². The molecule has 1 amide bonds. The van der Waals surface area contributed by atoms with Crippen molar-refractivity contribution in [3.05, 3.63) is 165 Å². The van der Waals surface area contributed by atoms with Gasteiger partial charge in [-0.25, -0.2) is 4.79 Å². The van der Waals surface area contributed by atoms with Crippen molar-refractivity contribution >= 4 is 11.7 Å². The Kier molecular flexibility index (Phi) is 8.20. The second-order valence-corrected chi connectivity index (χ2v) is 11.6. The number of rotatable bonds is 8. The van der Waals surface area contributed by atoms with E-state index in [1.807, 2.05) is 98.8 Å². The van der Waals surface area contributed by atoms with E-state index in [0.29, 0.717) is 5.56 Å². The van der Waals surface area contributed by atoms with Gasteiger partial charge in [0, 0.05) is 18.2 Å². The summed E-state index contributed by atoms with van der Waals surface area (Å²) in [7, 11) is 0. The molecular weight excluding hydrogens is 566 g/mol. The molecule has 2 heterocycles. The van der Waals surface area contributed by atoms with Crippen LogP contribution in [-0.2, 0) is 10.2 Å². The lowest BCUT2D eigenvalue weighted by atomic mass is 9.57. The van der Waals surface area contributed by atoms with Gasteiger partial charge in [0.15, 0.2) is 0 Å². The average molecular weight is 602 g/mol. The average Bonchev–Trinajstić information content (AvgIpc) is 3.41. The minimum atomic E-state index is -1.72. The van der Waals surface area contributed by atoms with Crippen molar-refractivity contribution < 1.29 is 19.7 Å². The third kappa shape index (κ3) is 5.37. The predicted octanol–water partition coefficient (Wildman–Crippen LogP) is 5.16. The van der Waals surface area contributed by atoms with E-state index in [2.05, 4.69) is 10.3 Å². The maximum Gasteiger partial charge on any atom is 0.351 e. The highest BCUT2D eigenvalue weighted by molar-refractivity contribution is 6.03. The van der Waals surface area contributed by atoms with Crippen LogP contribution in [0.15, 0.2) is 126 Å². The highest BCUT2D eigenvalue weighted by Gasteiger charge is 2.63. The largest absolute Gasteiger partial charge is 0.394 e. The zero-order chi connectivity index (χ0) is 31.6. The van der Waals surface area contributed by atoms with Crippen molar-refractivity contribution in [3.63, 3.8) is 0 Å². The van der Waals surface area contributed by atoms with E-state index in [-0.39, 0.29) is 12.2 Å². The molecule has 1 aromatic heterocycles. The second-order valence-electron chi connectivity index (χ2n) is 11.6. The number of benzene rings is 4. The van der Waals surface area contributed by atoms with E-state index < -0.39 is 41.6 Å². The summed E-state index contributed by atoms with van der Waals surface area (Å²) >= 11 is 0. The van der Waals surface area contributed by atoms with E-state index >= 15 is 0 Å². The molecule has 3 N–H and O–H groups in total. The number of aliphatic hydroxyl groups excluding tert-OH is 1. The van der Waals surface area contributed by atoms with Gasteiger partial charge >= 0.3 is 5.69 Å². The first-order chi connectivity index (χ1) is 21.8. The lowest BCUT2D eigenvalue weighted by Crippen LogP contribution is -2.59. The molecule has 1 aliphatic rings. The quantitative estimate of drug-likeness (QED) is 0.212. The Bertz CT molecular complexity index is 1790. The van der Waals surface area contributed by atoms with Gasteiger partial charge in [-0.1, -0.05) is 108 Å². The standard InChI is InChI=1S/C37H35N3O5/c1-25-13-17-29(18-14-25)37(28-11-7-4-8-12-28,30-19-15-26(2)16-20-30)36(44)23-33(45-31(36)24-41)40-22-21-32(39-35(40)43)38-34(42)27-9-5-3-6-10-27/h3-22,31,33,41,44H,23-24H2,1-2H3,(H,38,39,42,43)/t31-,33-,36+/m1/s1. The van der Waals surface area contributed by atoms with Gasteiger partial charge in [-0.15, -0.1) is 0 Å². The Hall–Kier alpha value is -4.89. The SMILES string of the molecule is Cc1ccc(C(c2ccccc2)(c2ccc(C)cc2)[C@]2(O)C[C@H](n3ccc(NC(=O)c4ccccc4)nc3=O)O[C@@H]2CO)cc1. The van der Waals surface area contributed by atoms with Crippen molar-refractivity contribution in [1.82, 2.24) is 9.55 Å². The Morgan fingerprint density at radius 1 is 0.867 bits per heavy atom. The van der Waals surface area contributed by atoms with Crippen LogP contribution in [0.25, 0.3) is 0 Å². The summed E-state index contributed by atoms with van der Waals surface area (Å²) in [6, 6.07) is 35.9. The third-order valence-corrected chi connectivity index (χ3v) is 8.75. The van der Waals surface area contributed by atoms with Crippen molar-refractivity contribution in [2.24, 2.45) is 0 Å². The Morgan fingerprint density at radius 3 is 1.93 bits per heavy atom. The first kappa shape index (κ1) is 30.1. The molecule has 1 fully saturated rings. The van der Waals surface area contributed by atoms with Crippen molar-refractivity contribution in [3.8, 4) is 0 Å². The molecule has 0 spiro atoms. The molecule has 0 aliphatic carbocycles. The number of nitrogens with one attached hydrogen (secondary N) is 1. The third-order valence-electron chi connectivity index (χ3n) is 8.75. The van der Waals surface area contributed by atoms with Gasteiger partial charge in [-0.05, 0) is 48.7 Å². The van der Waals surface area contributed by atoms with Crippen LogP contribution < -0.4 is 11.0 Å². The van der Waals surface area contributed by atoms with Crippen LogP contribution in [0.2, 0.25) is 0 Å². The number of aromatic nitrogens is 2. The number of aryl methyl sites for hydroxylation is 2. The van der Waals surface area contributed by atoms with E-state index in [0.717, 1.165) is 27.8 Å². The van der Waals surface area contributed by atoms with Crippen molar-refractivity contribution in [2.45, 2.75) is 43.6 Å². The number of carbonyl (C=O) groups excluding carboxylic acids is 1. The molecular formula is C37H35N3O5. The minimum absolute atomic E-state index is 0.0355. The Morgan fingerprint density at radius 2 is 1.40 bits per heavy atom. The molecule has 0 saturated carbocycles. The normalized spacial score (nSPS) is 19.7. The highest BCUT2D eigenvalue weighted by atomic mass is 16.5. The summed E-state index contributed by atoms with van der Waals surface area (Å²) < 4.78 is 7.63. The molecule has 1 aliphatic heterocycles. The van der Waals surface area contributed by atoms with Crippen molar-refractivity contribution in [1.29, 1.82) is 0 Å². The van der Waals surface area contributed by atoms with Crippen LogP contribution in [0, 0.1) is 13.8 Å². The summed E-state index contributed by atoms with van der Waals surface area (Å²) in [5.41, 5.74) is 1.42. The second kappa shape index (κ2) is 12.2. The molecule has 0 radical (unpaired) electrons. The van der Waals surface area contributed by atoms with Gasteiger partial charge in [0.25, 0.3) is 5.91 Å². The fourth-order valence-electron chi connectivity index (χ4n) is 6.53. The number of ether oxygens (including phenoxy) is 1. The molecule has 3 atom stereocenters. The van der Waals surface area contributed by atoms with Gasteiger partial charge in [0.1, 0.15) is 23.8 Å². The predicted molar refractivity (Wildman–Crippen MR) is 172 cm³/mol. The molecule has 45 heavy (non-hydrogen) atoms. The summed E-state index contributed by atoms with van der Waals surface area (Å²) in [6.07, 6.45) is -0.575. The summed E-state index contributed by atoms with van der Waals surface area (Å²) in [5, 5.41) is 26.5. The molecule has 1 saturated heterocycles. The zero-order valence-electron chi connectivity index (χ0n) is 25.1. The van der Waals surface area contributed by atoms with Gasteiger partial charge < -0.3 is 20.3 Å². The molecule has 4 aromatic carbocycles. The highest BCUT2D eigenvalue weighted by Crippen LogP contribution is 2.55. The fraction of sp³-hybridized carbons (Fsp3) is 0.216. The number of anilines is 1. The smallest absolute Gasteiger partial charge is 0.351 e. The van der Waals surface area contributed by atoms with Crippen molar-refractivity contribution in [2.75, 3.05) is 11.9 Å². The van der Waals surface area contributed by atoms with E-state index in [1.165, 1.54) is 16.8 Å². The minimum Gasteiger partial charge on any atom is -0.394 e. The van der Waals surface area contributed by atoms with Gasteiger partial charge in [0.05, 0.1) is 12.0 Å². The maximum absolute atomic E-state index is 13.4. The van der Waals surface area contributed by atoms with Gasteiger partial charge in [-0.2, -0.15) is 4.98 Å². The Labute approximate surface area is 261 Å². The lowest BCUT2D eigenvalue weighted by molar-refractivity contribution is -0.102. The van der Waals surface area contributed by atoms with E-state index in [4.69, 9.17) is 4.74 Å². The zero-order valence-corrected chi connectivity index (χ0v) is 25.1. The molecule has 6 rings (SSSR count). The van der Waals surface area contributed by atoms with Crippen LogP contribution in [0.4, 0.5) is 5.82 Å². The molecule has 8 nitrogen and oxygen atoms in total. The van der Waals surface area contributed by atoms with E-state index in [9.17, 15) is 19.8 Å². The number of aliphatic hydroxyl groups is 2. The number of amides is 1. The van der Waals surface area contributed by atoms with E-state index in [1.54, 1.807) is 24.3 Å².